The van der Waals surface area contributed by atoms with Gasteiger partial charge in [0.2, 0.25) is 0 Å². The summed E-state index contributed by atoms with van der Waals surface area (Å²) < 4.78 is 7.08. The lowest BCUT2D eigenvalue weighted by molar-refractivity contribution is 0.0492. The summed E-state index contributed by atoms with van der Waals surface area (Å²) in [7, 11) is 1.88. The number of amides is 4. The van der Waals surface area contributed by atoms with Crippen LogP contribution in [0.4, 0.5) is 9.59 Å². The molecule has 2 aromatic rings. The van der Waals surface area contributed by atoms with Crippen LogP contribution in [-0.4, -0.2) is 52.3 Å². The van der Waals surface area contributed by atoms with E-state index in [1.165, 1.54) is 4.90 Å². The molecule has 29 heavy (non-hydrogen) atoms. The van der Waals surface area contributed by atoms with Crippen LogP contribution < -0.4 is 16.0 Å². The lowest BCUT2D eigenvalue weighted by Gasteiger charge is -2.39. The first-order valence-corrected chi connectivity index (χ1v) is 9.84. The molecular formula is C20H26N6O3. The second kappa shape index (κ2) is 8.22. The van der Waals surface area contributed by atoms with Gasteiger partial charge in [-0.1, -0.05) is 18.2 Å². The van der Waals surface area contributed by atoms with Crippen LogP contribution >= 0.6 is 0 Å². The van der Waals surface area contributed by atoms with E-state index in [1.54, 1.807) is 4.68 Å². The first-order chi connectivity index (χ1) is 14.0. The number of imide groups is 1. The zero-order valence-corrected chi connectivity index (χ0v) is 16.6. The van der Waals surface area contributed by atoms with Gasteiger partial charge in [-0.05, 0) is 37.0 Å². The highest BCUT2D eigenvalue weighted by atomic mass is 16.5. The predicted octanol–water partition coefficient (Wildman–Crippen LogP) is 1.94. The number of rotatable bonds is 5. The summed E-state index contributed by atoms with van der Waals surface area (Å²) in [6.45, 7) is 3.12. The number of hydrogen-bond acceptors (Lipinski definition) is 5. The molecule has 0 aliphatic carbocycles. The molecule has 154 valence electrons. The van der Waals surface area contributed by atoms with Crippen molar-refractivity contribution in [2.75, 3.05) is 13.2 Å². The Morgan fingerprint density at radius 2 is 1.90 bits per heavy atom. The number of aryl methyl sites for hydroxylation is 1. The summed E-state index contributed by atoms with van der Waals surface area (Å²) in [6.07, 6.45) is 4.48. The molecule has 2 fully saturated rings. The van der Waals surface area contributed by atoms with Gasteiger partial charge in [-0.2, -0.15) is 5.10 Å². The van der Waals surface area contributed by atoms with E-state index in [9.17, 15) is 9.59 Å². The Hall–Kier alpha value is -2.91. The van der Waals surface area contributed by atoms with Crippen molar-refractivity contribution in [3.8, 4) is 11.1 Å². The van der Waals surface area contributed by atoms with Gasteiger partial charge >= 0.3 is 12.1 Å². The highest BCUT2D eigenvalue weighted by Crippen LogP contribution is 2.23. The second-order valence-corrected chi connectivity index (χ2v) is 7.46. The average Bonchev–Trinajstić information content (AvgIpc) is 3.15. The number of carbonyl (C=O) groups is 2. The zero-order chi connectivity index (χ0) is 20.4. The highest BCUT2D eigenvalue weighted by molar-refractivity contribution is 5.96. The SMILES string of the molecule is C[C@H](NC1NC(=O)N(C2CCOCC2)C(=O)N1)c1cccc(-c2cnn(C)c2)c1. The molecule has 9 nitrogen and oxygen atoms in total. The van der Waals surface area contributed by atoms with Crippen LogP contribution in [0.5, 0.6) is 0 Å². The number of aromatic nitrogens is 2. The van der Waals surface area contributed by atoms with E-state index in [0.29, 0.717) is 26.1 Å². The van der Waals surface area contributed by atoms with Crippen molar-refractivity contribution in [2.24, 2.45) is 7.05 Å². The minimum absolute atomic E-state index is 0.0909. The molecule has 0 spiro atoms. The van der Waals surface area contributed by atoms with E-state index in [1.807, 2.05) is 44.6 Å². The Labute approximate surface area is 169 Å². The summed E-state index contributed by atoms with van der Waals surface area (Å²) in [6, 6.07) is 7.13. The van der Waals surface area contributed by atoms with Crippen LogP contribution in [-0.2, 0) is 11.8 Å². The maximum atomic E-state index is 12.5. The quantitative estimate of drug-likeness (QED) is 0.715. The number of hydrogen-bond donors (Lipinski definition) is 3. The number of carbonyl (C=O) groups excluding carboxylic acids is 2. The Morgan fingerprint density at radius 1 is 1.17 bits per heavy atom. The predicted molar refractivity (Wildman–Crippen MR) is 107 cm³/mol. The molecule has 2 saturated heterocycles. The third kappa shape index (κ3) is 4.25. The maximum Gasteiger partial charge on any atom is 0.328 e. The van der Waals surface area contributed by atoms with E-state index >= 15 is 0 Å². The van der Waals surface area contributed by atoms with Crippen molar-refractivity contribution in [1.29, 1.82) is 0 Å². The van der Waals surface area contributed by atoms with Crippen LogP contribution in [0.3, 0.4) is 0 Å². The fourth-order valence-electron chi connectivity index (χ4n) is 3.78. The van der Waals surface area contributed by atoms with Crippen LogP contribution in [0.15, 0.2) is 36.7 Å². The molecule has 1 atom stereocenters. The number of nitrogens with zero attached hydrogens (tertiary/aromatic N) is 3. The lowest BCUT2D eigenvalue weighted by Crippen LogP contribution is -2.70. The van der Waals surface area contributed by atoms with Crippen molar-refractivity contribution in [1.82, 2.24) is 30.6 Å². The molecular weight excluding hydrogens is 372 g/mol. The Bertz CT molecular complexity index is 874. The second-order valence-electron chi connectivity index (χ2n) is 7.46. The topological polar surface area (TPSA) is 101 Å². The molecule has 1 aromatic heterocycles. The van der Waals surface area contributed by atoms with Crippen LogP contribution in [0.1, 0.15) is 31.4 Å². The van der Waals surface area contributed by atoms with Gasteiger partial charge in [0.05, 0.1) is 6.20 Å². The fraction of sp³-hybridized carbons (Fsp3) is 0.450. The fourth-order valence-corrected chi connectivity index (χ4v) is 3.78. The monoisotopic (exact) mass is 398 g/mol. The van der Waals surface area contributed by atoms with Crippen LogP contribution in [0, 0.1) is 0 Å². The molecule has 4 rings (SSSR count). The van der Waals surface area contributed by atoms with Crippen molar-refractivity contribution in [2.45, 2.75) is 38.1 Å². The first-order valence-electron chi connectivity index (χ1n) is 9.84. The van der Waals surface area contributed by atoms with Gasteiger partial charge < -0.3 is 15.4 Å². The van der Waals surface area contributed by atoms with E-state index in [4.69, 9.17) is 4.74 Å². The summed E-state index contributed by atoms with van der Waals surface area (Å²) in [5.74, 6) is 0. The molecule has 0 bridgehead atoms. The summed E-state index contributed by atoms with van der Waals surface area (Å²) in [5.41, 5.74) is 3.14. The molecule has 4 amide bonds. The highest BCUT2D eigenvalue weighted by Gasteiger charge is 2.37. The average molecular weight is 398 g/mol. The minimum atomic E-state index is -0.636. The Morgan fingerprint density at radius 3 is 2.55 bits per heavy atom. The van der Waals surface area contributed by atoms with Crippen molar-refractivity contribution >= 4 is 12.1 Å². The number of ether oxygens (including phenoxy) is 1. The molecule has 0 unspecified atom stereocenters. The van der Waals surface area contributed by atoms with Gasteiger partial charge in [-0.15, -0.1) is 0 Å². The summed E-state index contributed by atoms with van der Waals surface area (Å²) in [4.78, 5) is 26.3. The summed E-state index contributed by atoms with van der Waals surface area (Å²) in [5, 5.41) is 13.2. The maximum absolute atomic E-state index is 12.5. The Kier molecular flexibility index (Phi) is 5.50. The van der Waals surface area contributed by atoms with Crippen molar-refractivity contribution < 1.29 is 14.3 Å². The van der Waals surface area contributed by atoms with Gasteiger partial charge in [-0.3, -0.25) is 10.00 Å². The van der Waals surface area contributed by atoms with Gasteiger partial charge in [-0.25, -0.2) is 14.5 Å². The summed E-state index contributed by atoms with van der Waals surface area (Å²) >= 11 is 0. The first kappa shape index (κ1) is 19.4. The smallest absolute Gasteiger partial charge is 0.328 e. The van der Waals surface area contributed by atoms with E-state index in [0.717, 1.165) is 16.7 Å². The van der Waals surface area contributed by atoms with E-state index < -0.39 is 6.29 Å². The lowest BCUT2D eigenvalue weighted by atomic mass is 10.0. The van der Waals surface area contributed by atoms with Gasteiger partial charge in [0.15, 0.2) is 6.29 Å². The number of urea groups is 2. The zero-order valence-electron chi connectivity index (χ0n) is 16.6. The van der Waals surface area contributed by atoms with Crippen molar-refractivity contribution in [3.63, 3.8) is 0 Å². The third-order valence-electron chi connectivity index (χ3n) is 5.37. The molecule has 0 saturated carbocycles. The molecule has 3 N–H and O–H groups in total. The van der Waals surface area contributed by atoms with Crippen molar-refractivity contribution in [3.05, 3.63) is 42.2 Å². The minimum Gasteiger partial charge on any atom is -0.381 e. The van der Waals surface area contributed by atoms with Gasteiger partial charge in [0, 0.05) is 44.1 Å². The Balaban J connectivity index is 1.41. The molecule has 2 aliphatic rings. The largest absolute Gasteiger partial charge is 0.381 e. The number of benzene rings is 1. The third-order valence-corrected chi connectivity index (χ3v) is 5.37. The normalized spacial score (nSPS) is 19.7. The molecule has 1 aromatic carbocycles. The molecule has 9 heteroatoms. The number of nitrogens with one attached hydrogen (secondary N) is 3. The van der Waals surface area contributed by atoms with E-state index in [2.05, 4.69) is 27.1 Å². The van der Waals surface area contributed by atoms with Gasteiger partial charge in [0.25, 0.3) is 0 Å². The molecule has 3 heterocycles. The van der Waals surface area contributed by atoms with Gasteiger partial charge in [0.1, 0.15) is 0 Å². The van der Waals surface area contributed by atoms with Crippen LogP contribution in [0.2, 0.25) is 0 Å². The molecule has 0 radical (unpaired) electrons. The molecule has 2 aliphatic heterocycles. The standard InChI is InChI=1S/C20H26N6O3/c1-13(14-4-3-5-15(10-14)16-11-21-25(2)12-16)22-18-23-19(27)26(20(28)24-18)17-6-8-29-9-7-17/h3-5,10-13,17-18,22H,6-9H2,1-2H3,(H,23,27)(H,24,28)/t13-/m0/s1. The van der Waals surface area contributed by atoms with Crippen LogP contribution in [0.25, 0.3) is 11.1 Å². The van der Waals surface area contributed by atoms with E-state index in [-0.39, 0.29) is 24.1 Å².